The number of hydrogen-bond donors (Lipinski definition) is 1. The summed E-state index contributed by atoms with van der Waals surface area (Å²) in [6, 6.07) is 3.80. The smallest absolute Gasteiger partial charge is 0.138 e. The van der Waals surface area contributed by atoms with Crippen LogP contribution in [0.1, 0.15) is 5.56 Å². The minimum Gasteiger partial charge on any atom is -0.490 e. The Balaban J connectivity index is 2.10. The summed E-state index contributed by atoms with van der Waals surface area (Å²) < 4.78 is 12.2. The van der Waals surface area contributed by atoms with Crippen molar-refractivity contribution >= 4 is 27.5 Å². The van der Waals surface area contributed by atoms with Gasteiger partial charge in [0.1, 0.15) is 17.9 Å². The lowest BCUT2D eigenvalue weighted by atomic mass is 9.92. The fraction of sp³-hybridized carbons (Fsp3) is 0.455. The molecular formula is C11H11BrClNO2. The second-order valence-corrected chi connectivity index (χ2v) is 5.41. The number of benzene rings is 1. The highest BCUT2D eigenvalue weighted by molar-refractivity contribution is 9.10. The molecule has 0 aliphatic carbocycles. The average Bonchev–Trinajstić information content (AvgIpc) is 2.59. The summed E-state index contributed by atoms with van der Waals surface area (Å²) in [5.74, 6) is 0.877. The van der Waals surface area contributed by atoms with Gasteiger partial charge in [0.25, 0.3) is 0 Å². The van der Waals surface area contributed by atoms with Gasteiger partial charge in [-0.1, -0.05) is 11.6 Å². The summed E-state index contributed by atoms with van der Waals surface area (Å²) in [5, 5.41) is 4.19. The van der Waals surface area contributed by atoms with Crippen LogP contribution in [0.4, 0.5) is 0 Å². The number of hydrogen-bond acceptors (Lipinski definition) is 3. The van der Waals surface area contributed by atoms with Crippen molar-refractivity contribution in [3.8, 4) is 5.75 Å². The van der Waals surface area contributed by atoms with E-state index < -0.39 is 0 Å². The number of ether oxygens (including phenoxy) is 2. The number of halogens is 2. The summed E-state index contributed by atoms with van der Waals surface area (Å²) in [6.45, 7) is 2.82. The Morgan fingerprint density at radius 3 is 3.00 bits per heavy atom. The maximum absolute atomic E-state index is 6.08. The van der Waals surface area contributed by atoms with E-state index >= 15 is 0 Å². The van der Waals surface area contributed by atoms with E-state index in [1.807, 2.05) is 12.1 Å². The minimum absolute atomic E-state index is 0.221. The molecule has 0 aromatic heterocycles. The minimum atomic E-state index is -0.221. The second kappa shape index (κ2) is 3.88. The average molecular weight is 305 g/mol. The van der Waals surface area contributed by atoms with E-state index in [1.165, 1.54) is 0 Å². The Hall–Kier alpha value is -0.290. The fourth-order valence-corrected chi connectivity index (χ4v) is 3.19. The van der Waals surface area contributed by atoms with Crippen molar-refractivity contribution < 1.29 is 9.47 Å². The predicted octanol–water partition coefficient (Wildman–Crippen LogP) is 2.31. The molecule has 1 aromatic rings. The van der Waals surface area contributed by atoms with Crippen LogP contribution in [0.15, 0.2) is 16.6 Å². The fourth-order valence-electron chi connectivity index (χ4n) is 2.26. The van der Waals surface area contributed by atoms with Crippen LogP contribution in [0, 0.1) is 0 Å². The van der Waals surface area contributed by atoms with Gasteiger partial charge in [0.05, 0.1) is 17.7 Å². The van der Waals surface area contributed by atoms with Crippen molar-refractivity contribution in [1.82, 2.24) is 5.32 Å². The number of morpholine rings is 1. The Bertz CT molecular complexity index is 432. The van der Waals surface area contributed by atoms with Crippen molar-refractivity contribution in [2.45, 2.75) is 5.54 Å². The van der Waals surface area contributed by atoms with Crippen LogP contribution in [0.3, 0.4) is 0 Å². The van der Waals surface area contributed by atoms with Crippen molar-refractivity contribution in [3.05, 3.63) is 27.2 Å². The number of nitrogens with one attached hydrogen (secondary N) is 1. The molecule has 0 bridgehead atoms. The highest BCUT2D eigenvalue weighted by atomic mass is 79.9. The SMILES string of the molecule is Clc1cc(Br)c2c(c1)C1(COCCN1)CO2. The van der Waals surface area contributed by atoms with Gasteiger partial charge in [-0.2, -0.15) is 0 Å². The largest absolute Gasteiger partial charge is 0.490 e. The molecule has 3 nitrogen and oxygen atoms in total. The standard InChI is InChI=1S/C11H11BrClNO2/c12-9-4-7(13)3-8-10(9)16-6-11(8)5-15-2-1-14-11/h3-4,14H,1-2,5-6H2. The van der Waals surface area contributed by atoms with E-state index in [1.54, 1.807) is 0 Å². The summed E-state index contributed by atoms with van der Waals surface area (Å²) in [4.78, 5) is 0. The molecule has 1 N–H and O–H groups in total. The molecule has 5 heteroatoms. The molecule has 0 amide bonds. The Kier molecular flexibility index (Phi) is 2.63. The Labute approximate surface area is 107 Å². The van der Waals surface area contributed by atoms with Gasteiger partial charge in [-0.05, 0) is 28.1 Å². The normalized spacial score (nSPS) is 27.9. The van der Waals surface area contributed by atoms with E-state index in [2.05, 4.69) is 21.2 Å². The van der Waals surface area contributed by atoms with Gasteiger partial charge in [-0.3, -0.25) is 0 Å². The van der Waals surface area contributed by atoms with Crippen LogP contribution < -0.4 is 10.1 Å². The lowest BCUT2D eigenvalue weighted by Gasteiger charge is -2.33. The molecule has 1 fully saturated rings. The molecule has 0 saturated carbocycles. The molecule has 16 heavy (non-hydrogen) atoms. The van der Waals surface area contributed by atoms with Crippen LogP contribution in [0.25, 0.3) is 0 Å². The van der Waals surface area contributed by atoms with Crippen molar-refractivity contribution in [2.75, 3.05) is 26.4 Å². The summed E-state index contributed by atoms with van der Waals surface area (Å²) in [5.41, 5.74) is 0.868. The number of fused-ring (bicyclic) bond motifs is 2. The first-order valence-corrected chi connectivity index (χ1v) is 6.33. The van der Waals surface area contributed by atoms with Gasteiger partial charge < -0.3 is 14.8 Å². The van der Waals surface area contributed by atoms with Crippen LogP contribution >= 0.6 is 27.5 Å². The van der Waals surface area contributed by atoms with Crippen molar-refractivity contribution in [1.29, 1.82) is 0 Å². The molecule has 2 heterocycles. The molecule has 3 rings (SSSR count). The molecule has 1 saturated heterocycles. The molecular weight excluding hydrogens is 293 g/mol. The Morgan fingerprint density at radius 2 is 2.25 bits per heavy atom. The van der Waals surface area contributed by atoms with Gasteiger partial charge in [0.15, 0.2) is 0 Å². The van der Waals surface area contributed by atoms with Crippen molar-refractivity contribution in [3.63, 3.8) is 0 Å². The third kappa shape index (κ3) is 1.56. The lowest BCUT2D eigenvalue weighted by Crippen LogP contribution is -2.52. The monoisotopic (exact) mass is 303 g/mol. The number of rotatable bonds is 0. The highest BCUT2D eigenvalue weighted by Crippen LogP contribution is 2.44. The van der Waals surface area contributed by atoms with E-state index in [4.69, 9.17) is 21.1 Å². The lowest BCUT2D eigenvalue weighted by molar-refractivity contribution is 0.0160. The first-order chi connectivity index (χ1) is 7.71. The molecule has 1 aromatic carbocycles. The molecule has 1 unspecified atom stereocenters. The Morgan fingerprint density at radius 1 is 1.38 bits per heavy atom. The summed E-state index contributed by atoms with van der Waals surface area (Å²) >= 11 is 9.55. The molecule has 86 valence electrons. The van der Waals surface area contributed by atoms with E-state index in [0.29, 0.717) is 18.2 Å². The van der Waals surface area contributed by atoms with Crippen LogP contribution in [-0.4, -0.2) is 26.4 Å². The van der Waals surface area contributed by atoms with Gasteiger partial charge in [-0.25, -0.2) is 0 Å². The summed E-state index contributed by atoms with van der Waals surface area (Å²) in [6.07, 6.45) is 0. The van der Waals surface area contributed by atoms with Crippen LogP contribution in [-0.2, 0) is 10.3 Å². The third-order valence-electron chi connectivity index (χ3n) is 3.05. The molecule has 1 spiro atoms. The first-order valence-electron chi connectivity index (χ1n) is 5.16. The van der Waals surface area contributed by atoms with Gasteiger partial charge in [0, 0.05) is 17.1 Å². The van der Waals surface area contributed by atoms with Crippen LogP contribution in [0.5, 0.6) is 5.75 Å². The second-order valence-electron chi connectivity index (χ2n) is 4.11. The molecule has 0 radical (unpaired) electrons. The van der Waals surface area contributed by atoms with Crippen LogP contribution in [0.2, 0.25) is 5.02 Å². The zero-order valence-electron chi connectivity index (χ0n) is 8.56. The van der Waals surface area contributed by atoms with Gasteiger partial charge >= 0.3 is 0 Å². The zero-order chi connectivity index (χ0) is 11.2. The van der Waals surface area contributed by atoms with Crippen molar-refractivity contribution in [2.24, 2.45) is 0 Å². The van der Waals surface area contributed by atoms with Gasteiger partial charge in [-0.15, -0.1) is 0 Å². The molecule has 2 aliphatic heterocycles. The topological polar surface area (TPSA) is 30.5 Å². The third-order valence-corrected chi connectivity index (χ3v) is 3.85. The van der Waals surface area contributed by atoms with E-state index in [9.17, 15) is 0 Å². The van der Waals surface area contributed by atoms with E-state index in [-0.39, 0.29) is 5.54 Å². The zero-order valence-corrected chi connectivity index (χ0v) is 10.9. The molecule has 2 aliphatic rings. The maximum atomic E-state index is 6.08. The first kappa shape index (κ1) is 10.8. The molecule has 1 atom stereocenters. The highest BCUT2D eigenvalue weighted by Gasteiger charge is 2.43. The van der Waals surface area contributed by atoms with E-state index in [0.717, 1.165) is 28.9 Å². The van der Waals surface area contributed by atoms with Gasteiger partial charge in [0.2, 0.25) is 0 Å². The predicted molar refractivity (Wildman–Crippen MR) is 65.1 cm³/mol. The maximum Gasteiger partial charge on any atom is 0.138 e. The quantitative estimate of drug-likeness (QED) is 0.798. The summed E-state index contributed by atoms with van der Waals surface area (Å²) in [7, 11) is 0.